The van der Waals surface area contributed by atoms with Gasteiger partial charge in [0.1, 0.15) is 5.82 Å². The van der Waals surface area contributed by atoms with Crippen LogP contribution in [-0.4, -0.2) is 11.3 Å². The minimum Gasteiger partial charge on any atom is -0.379 e. The van der Waals surface area contributed by atoms with Gasteiger partial charge in [-0.3, -0.25) is 0 Å². The van der Waals surface area contributed by atoms with Gasteiger partial charge in [-0.15, -0.1) is 0 Å². The zero-order chi connectivity index (χ0) is 10.9. The van der Waals surface area contributed by atoms with Crippen molar-refractivity contribution in [2.45, 2.75) is 19.2 Å². The standard InChI is InChI=1S/C9H8F4O/c1-5-6(3-2-4-7(5)10)8(14)9(11,12)13/h2-4,8,14H,1H3/t8-/m0/s1. The Morgan fingerprint density at radius 2 is 1.86 bits per heavy atom. The van der Waals surface area contributed by atoms with E-state index < -0.39 is 23.7 Å². The van der Waals surface area contributed by atoms with Gasteiger partial charge in [-0.25, -0.2) is 4.39 Å². The fourth-order valence-electron chi connectivity index (χ4n) is 1.10. The Hall–Kier alpha value is -1.10. The van der Waals surface area contributed by atoms with Crippen molar-refractivity contribution in [3.63, 3.8) is 0 Å². The van der Waals surface area contributed by atoms with Crippen molar-refractivity contribution in [3.05, 3.63) is 35.1 Å². The maximum atomic E-state index is 12.8. The Kier molecular flexibility index (Phi) is 2.80. The van der Waals surface area contributed by atoms with E-state index in [1.165, 1.54) is 6.92 Å². The summed E-state index contributed by atoms with van der Waals surface area (Å²) in [5, 5.41) is 8.87. The molecule has 78 valence electrons. The largest absolute Gasteiger partial charge is 0.418 e. The summed E-state index contributed by atoms with van der Waals surface area (Å²) in [4.78, 5) is 0. The van der Waals surface area contributed by atoms with Gasteiger partial charge in [-0.2, -0.15) is 13.2 Å². The Bertz CT molecular complexity index is 332. The van der Waals surface area contributed by atoms with Crippen molar-refractivity contribution in [2.24, 2.45) is 0 Å². The molecule has 1 aromatic carbocycles. The number of aliphatic hydroxyl groups excluding tert-OH is 1. The van der Waals surface area contributed by atoms with Gasteiger partial charge in [0.2, 0.25) is 0 Å². The Labute approximate surface area is 78.0 Å². The van der Waals surface area contributed by atoms with Crippen LogP contribution >= 0.6 is 0 Å². The highest BCUT2D eigenvalue weighted by molar-refractivity contribution is 5.29. The highest BCUT2D eigenvalue weighted by Crippen LogP contribution is 2.34. The maximum Gasteiger partial charge on any atom is 0.418 e. The molecule has 0 saturated heterocycles. The lowest BCUT2D eigenvalue weighted by molar-refractivity contribution is -0.207. The SMILES string of the molecule is Cc1c(F)cccc1[C@H](O)C(F)(F)F. The summed E-state index contributed by atoms with van der Waals surface area (Å²) in [5.74, 6) is -0.759. The molecule has 1 nitrogen and oxygen atoms in total. The molecule has 0 unspecified atom stereocenters. The van der Waals surface area contributed by atoms with Crippen molar-refractivity contribution in [1.29, 1.82) is 0 Å². The minimum absolute atomic E-state index is 0.183. The van der Waals surface area contributed by atoms with Gasteiger partial charge in [-0.1, -0.05) is 12.1 Å². The van der Waals surface area contributed by atoms with Crippen LogP contribution in [0.3, 0.4) is 0 Å². The molecule has 0 bridgehead atoms. The quantitative estimate of drug-likeness (QED) is 0.703. The van der Waals surface area contributed by atoms with E-state index in [9.17, 15) is 17.6 Å². The number of rotatable bonds is 1. The molecule has 1 atom stereocenters. The van der Waals surface area contributed by atoms with Crippen LogP contribution in [0.4, 0.5) is 17.6 Å². The van der Waals surface area contributed by atoms with Gasteiger partial charge in [-0.05, 0) is 24.1 Å². The van der Waals surface area contributed by atoms with E-state index in [0.29, 0.717) is 0 Å². The van der Waals surface area contributed by atoms with Gasteiger partial charge < -0.3 is 5.11 Å². The third kappa shape index (κ3) is 2.04. The molecule has 0 radical (unpaired) electrons. The Morgan fingerprint density at radius 3 is 2.36 bits per heavy atom. The molecule has 14 heavy (non-hydrogen) atoms. The Morgan fingerprint density at radius 1 is 1.29 bits per heavy atom. The first-order valence-corrected chi connectivity index (χ1v) is 3.84. The molecule has 0 heterocycles. The van der Waals surface area contributed by atoms with Crippen LogP contribution in [0.25, 0.3) is 0 Å². The lowest BCUT2D eigenvalue weighted by Crippen LogP contribution is -2.21. The molecule has 1 N–H and O–H groups in total. The van der Waals surface area contributed by atoms with Gasteiger partial charge >= 0.3 is 6.18 Å². The van der Waals surface area contributed by atoms with Crippen molar-refractivity contribution in [2.75, 3.05) is 0 Å². The second kappa shape index (κ2) is 3.57. The zero-order valence-corrected chi connectivity index (χ0v) is 7.27. The van der Waals surface area contributed by atoms with Crippen LogP contribution in [-0.2, 0) is 0 Å². The summed E-state index contributed by atoms with van der Waals surface area (Å²) in [6.45, 7) is 1.19. The van der Waals surface area contributed by atoms with Gasteiger partial charge in [0.25, 0.3) is 0 Å². The normalized spacial score (nSPS) is 14.1. The van der Waals surface area contributed by atoms with E-state index in [0.717, 1.165) is 18.2 Å². The van der Waals surface area contributed by atoms with Crippen molar-refractivity contribution < 1.29 is 22.7 Å². The van der Waals surface area contributed by atoms with Crippen molar-refractivity contribution in [3.8, 4) is 0 Å². The minimum atomic E-state index is -4.77. The molecule has 0 amide bonds. The Balaban J connectivity index is 3.14. The second-order valence-corrected chi connectivity index (χ2v) is 2.90. The van der Waals surface area contributed by atoms with E-state index in [1.54, 1.807) is 0 Å². The fourth-order valence-corrected chi connectivity index (χ4v) is 1.10. The highest BCUT2D eigenvalue weighted by atomic mass is 19.4. The number of halogens is 4. The summed E-state index contributed by atoms with van der Waals surface area (Å²) in [6.07, 6.45) is -7.39. The summed E-state index contributed by atoms with van der Waals surface area (Å²) < 4.78 is 49.1. The van der Waals surface area contributed by atoms with Crippen LogP contribution in [0.1, 0.15) is 17.2 Å². The second-order valence-electron chi connectivity index (χ2n) is 2.90. The maximum absolute atomic E-state index is 12.8. The number of hydrogen-bond donors (Lipinski definition) is 1. The highest BCUT2D eigenvalue weighted by Gasteiger charge is 2.40. The molecule has 0 aliphatic rings. The van der Waals surface area contributed by atoms with E-state index in [2.05, 4.69) is 0 Å². The van der Waals surface area contributed by atoms with Crippen LogP contribution in [0.5, 0.6) is 0 Å². The zero-order valence-electron chi connectivity index (χ0n) is 7.27. The molecule has 0 aromatic heterocycles. The number of alkyl halides is 3. The van der Waals surface area contributed by atoms with E-state index in [4.69, 9.17) is 5.11 Å². The molecule has 0 aliphatic heterocycles. The predicted octanol–water partition coefficient (Wildman–Crippen LogP) is 2.73. The molecule has 5 heteroatoms. The lowest BCUT2D eigenvalue weighted by Gasteiger charge is -2.16. The topological polar surface area (TPSA) is 20.2 Å². The third-order valence-corrected chi connectivity index (χ3v) is 1.91. The molecule has 0 aliphatic carbocycles. The van der Waals surface area contributed by atoms with E-state index in [1.807, 2.05) is 0 Å². The van der Waals surface area contributed by atoms with Gasteiger partial charge in [0.05, 0.1) is 0 Å². The summed E-state index contributed by atoms with van der Waals surface area (Å²) in [5.41, 5.74) is -0.630. The average Bonchev–Trinajstić information content (AvgIpc) is 2.07. The van der Waals surface area contributed by atoms with Crippen molar-refractivity contribution in [1.82, 2.24) is 0 Å². The van der Waals surface area contributed by atoms with E-state index in [-0.39, 0.29) is 5.56 Å². The van der Waals surface area contributed by atoms with Gasteiger partial charge in [0.15, 0.2) is 6.10 Å². The first kappa shape index (κ1) is 11.0. The predicted molar refractivity (Wildman–Crippen MR) is 42.2 cm³/mol. The lowest BCUT2D eigenvalue weighted by atomic mass is 10.0. The summed E-state index contributed by atoms with van der Waals surface area (Å²) >= 11 is 0. The number of aliphatic hydroxyl groups is 1. The molecule has 0 fully saturated rings. The molecular formula is C9H8F4O. The first-order valence-electron chi connectivity index (χ1n) is 3.84. The monoisotopic (exact) mass is 208 g/mol. The van der Waals surface area contributed by atoms with Crippen LogP contribution in [0, 0.1) is 12.7 Å². The number of benzene rings is 1. The smallest absolute Gasteiger partial charge is 0.379 e. The fraction of sp³-hybridized carbons (Fsp3) is 0.333. The third-order valence-electron chi connectivity index (χ3n) is 1.91. The molecule has 0 saturated carbocycles. The van der Waals surface area contributed by atoms with Gasteiger partial charge in [0, 0.05) is 0 Å². The molecule has 1 rings (SSSR count). The van der Waals surface area contributed by atoms with E-state index >= 15 is 0 Å². The number of hydrogen-bond acceptors (Lipinski definition) is 1. The summed E-state index contributed by atoms with van der Waals surface area (Å²) in [6, 6.07) is 3.23. The van der Waals surface area contributed by atoms with Crippen LogP contribution < -0.4 is 0 Å². The first-order chi connectivity index (χ1) is 6.34. The average molecular weight is 208 g/mol. The van der Waals surface area contributed by atoms with Crippen LogP contribution in [0.15, 0.2) is 18.2 Å². The molecular weight excluding hydrogens is 200 g/mol. The summed E-state index contributed by atoms with van der Waals surface area (Å²) in [7, 11) is 0. The molecule has 1 aromatic rings. The molecule has 0 spiro atoms. The van der Waals surface area contributed by atoms with Crippen LogP contribution in [0.2, 0.25) is 0 Å². The van der Waals surface area contributed by atoms with Crippen molar-refractivity contribution >= 4 is 0 Å².